The van der Waals surface area contributed by atoms with Crippen molar-refractivity contribution < 1.29 is 14.3 Å². The SMILES string of the molecule is O=C(Nc1nonc1-c1ccccc1)c1ccc([N+](=O)[O-])cc1. The average molecular weight is 310 g/mol. The molecule has 0 radical (unpaired) electrons. The van der Waals surface area contributed by atoms with Crippen molar-refractivity contribution in [2.75, 3.05) is 5.32 Å². The first kappa shape index (κ1) is 14.4. The number of benzene rings is 2. The van der Waals surface area contributed by atoms with Gasteiger partial charge < -0.3 is 5.32 Å². The van der Waals surface area contributed by atoms with Crippen molar-refractivity contribution in [2.45, 2.75) is 0 Å². The fourth-order valence-electron chi connectivity index (χ4n) is 1.97. The number of aromatic nitrogens is 2. The van der Waals surface area contributed by atoms with Crippen LogP contribution in [0.3, 0.4) is 0 Å². The largest absolute Gasteiger partial charge is 0.302 e. The minimum Gasteiger partial charge on any atom is -0.302 e. The van der Waals surface area contributed by atoms with Gasteiger partial charge in [-0.05, 0) is 22.4 Å². The molecule has 3 rings (SSSR count). The lowest BCUT2D eigenvalue weighted by Gasteiger charge is -2.03. The van der Waals surface area contributed by atoms with Crippen LogP contribution in [0.5, 0.6) is 0 Å². The smallest absolute Gasteiger partial charge is 0.269 e. The molecule has 0 aliphatic heterocycles. The van der Waals surface area contributed by atoms with Gasteiger partial charge >= 0.3 is 0 Å². The molecule has 0 bridgehead atoms. The molecule has 8 heteroatoms. The van der Waals surface area contributed by atoms with E-state index >= 15 is 0 Å². The molecule has 0 saturated carbocycles. The summed E-state index contributed by atoms with van der Waals surface area (Å²) in [7, 11) is 0. The Bertz CT molecular complexity index is 843. The van der Waals surface area contributed by atoms with Gasteiger partial charge in [0.05, 0.1) is 4.92 Å². The Morgan fingerprint density at radius 1 is 1.04 bits per heavy atom. The number of non-ortho nitro benzene ring substituents is 1. The first-order valence-electron chi connectivity index (χ1n) is 6.59. The third-order valence-corrected chi connectivity index (χ3v) is 3.11. The molecule has 8 nitrogen and oxygen atoms in total. The van der Waals surface area contributed by atoms with E-state index in [-0.39, 0.29) is 17.1 Å². The van der Waals surface area contributed by atoms with Crippen LogP contribution >= 0.6 is 0 Å². The summed E-state index contributed by atoms with van der Waals surface area (Å²) < 4.78 is 4.68. The third kappa shape index (κ3) is 3.05. The summed E-state index contributed by atoms with van der Waals surface area (Å²) in [6, 6.07) is 14.4. The van der Waals surface area contributed by atoms with Gasteiger partial charge in [0.25, 0.3) is 11.6 Å². The zero-order valence-electron chi connectivity index (χ0n) is 11.7. The van der Waals surface area contributed by atoms with E-state index in [1.165, 1.54) is 24.3 Å². The zero-order valence-corrected chi connectivity index (χ0v) is 11.7. The molecular formula is C15H10N4O4. The van der Waals surface area contributed by atoms with Crippen molar-refractivity contribution in [1.82, 2.24) is 10.3 Å². The van der Waals surface area contributed by atoms with Crippen LogP contribution in [-0.2, 0) is 0 Å². The molecule has 3 aromatic rings. The molecule has 2 aromatic carbocycles. The summed E-state index contributed by atoms with van der Waals surface area (Å²) in [5.41, 5.74) is 1.32. The van der Waals surface area contributed by atoms with E-state index in [1.54, 1.807) is 12.1 Å². The van der Waals surface area contributed by atoms with Crippen LogP contribution in [0.4, 0.5) is 11.5 Å². The maximum atomic E-state index is 12.2. The Balaban J connectivity index is 1.81. The molecule has 0 aliphatic carbocycles. The summed E-state index contributed by atoms with van der Waals surface area (Å²) in [5, 5.41) is 20.6. The van der Waals surface area contributed by atoms with Crippen LogP contribution in [-0.4, -0.2) is 21.1 Å². The summed E-state index contributed by atoms with van der Waals surface area (Å²) >= 11 is 0. The van der Waals surface area contributed by atoms with Crippen LogP contribution in [0.1, 0.15) is 10.4 Å². The summed E-state index contributed by atoms with van der Waals surface area (Å²) in [6.45, 7) is 0. The van der Waals surface area contributed by atoms with Gasteiger partial charge in [0.1, 0.15) is 0 Å². The number of amides is 1. The fourth-order valence-corrected chi connectivity index (χ4v) is 1.97. The number of carbonyl (C=O) groups excluding carboxylic acids is 1. The molecule has 23 heavy (non-hydrogen) atoms. The van der Waals surface area contributed by atoms with E-state index in [2.05, 4.69) is 20.3 Å². The number of rotatable bonds is 4. The molecule has 0 saturated heterocycles. The van der Waals surface area contributed by atoms with Gasteiger partial charge in [-0.25, -0.2) is 4.63 Å². The zero-order chi connectivity index (χ0) is 16.2. The molecule has 0 unspecified atom stereocenters. The Hall–Kier alpha value is -3.55. The van der Waals surface area contributed by atoms with Crippen LogP contribution in [0, 0.1) is 10.1 Å². The minimum absolute atomic E-state index is 0.0883. The topological polar surface area (TPSA) is 111 Å². The normalized spacial score (nSPS) is 10.3. The van der Waals surface area contributed by atoms with Gasteiger partial charge in [0.15, 0.2) is 5.69 Å². The minimum atomic E-state index is -0.531. The van der Waals surface area contributed by atoms with E-state index in [4.69, 9.17) is 0 Å². The quantitative estimate of drug-likeness (QED) is 0.586. The average Bonchev–Trinajstić information content (AvgIpc) is 3.04. The standard InChI is InChI=1S/C15H10N4O4/c20-15(11-6-8-12(9-7-11)19(21)22)16-14-13(17-23-18-14)10-4-2-1-3-5-10/h1-9H,(H,16,18,20). The highest BCUT2D eigenvalue weighted by Gasteiger charge is 2.16. The van der Waals surface area contributed by atoms with Gasteiger partial charge in [-0.15, -0.1) is 0 Å². The van der Waals surface area contributed by atoms with Crippen LogP contribution in [0.25, 0.3) is 11.3 Å². The van der Waals surface area contributed by atoms with Crippen molar-refractivity contribution in [2.24, 2.45) is 0 Å². The molecule has 1 aromatic heterocycles. The number of nitrogens with zero attached hydrogens (tertiary/aromatic N) is 3. The number of hydrogen-bond acceptors (Lipinski definition) is 6. The Labute approximate surface area is 129 Å². The highest BCUT2D eigenvalue weighted by Crippen LogP contribution is 2.24. The molecule has 1 amide bonds. The number of nitrogens with one attached hydrogen (secondary N) is 1. The molecule has 1 N–H and O–H groups in total. The van der Waals surface area contributed by atoms with Crippen LogP contribution < -0.4 is 5.32 Å². The van der Waals surface area contributed by atoms with Gasteiger partial charge in [-0.1, -0.05) is 30.3 Å². The first-order chi connectivity index (χ1) is 11.1. The predicted octanol–water partition coefficient (Wildman–Crippen LogP) is 2.90. The second kappa shape index (κ2) is 6.06. The maximum Gasteiger partial charge on any atom is 0.269 e. The Morgan fingerprint density at radius 2 is 1.74 bits per heavy atom. The predicted molar refractivity (Wildman–Crippen MR) is 80.8 cm³/mol. The third-order valence-electron chi connectivity index (χ3n) is 3.11. The van der Waals surface area contributed by atoms with Gasteiger partial charge in [0, 0.05) is 23.3 Å². The Morgan fingerprint density at radius 3 is 2.39 bits per heavy atom. The first-order valence-corrected chi connectivity index (χ1v) is 6.59. The lowest BCUT2D eigenvalue weighted by molar-refractivity contribution is -0.384. The van der Waals surface area contributed by atoms with Gasteiger partial charge in [0.2, 0.25) is 5.82 Å². The summed E-state index contributed by atoms with van der Waals surface area (Å²) in [4.78, 5) is 22.3. The molecule has 0 aliphatic rings. The molecule has 0 spiro atoms. The van der Waals surface area contributed by atoms with Crippen molar-refractivity contribution in [1.29, 1.82) is 0 Å². The second-order valence-corrected chi connectivity index (χ2v) is 4.59. The molecule has 114 valence electrons. The van der Waals surface area contributed by atoms with E-state index in [9.17, 15) is 14.9 Å². The monoisotopic (exact) mass is 310 g/mol. The number of nitro benzene ring substituents is 1. The summed E-state index contributed by atoms with van der Waals surface area (Å²) in [5.74, 6) is -0.285. The van der Waals surface area contributed by atoms with Crippen molar-refractivity contribution in [3.05, 3.63) is 70.3 Å². The molecule has 1 heterocycles. The maximum absolute atomic E-state index is 12.2. The van der Waals surface area contributed by atoms with Crippen molar-refractivity contribution in [3.8, 4) is 11.3 Å². The van der Waals surface area contributed by atoms with Gasteiger partial charge in [-0.2, -0.15) is 0 Å². The van der Waals surface area contributed by atoms with E-state index in [0.29, 0.717) is 5.69 Å². The molecule has 0 fully saturated rings. The van der Waals surface area contributed by atoms with Crippen LogP contribution in [0.2, 0.25) is 0 Å². The van der Waals surface area contributed by atoms with Crippen molar-refractivity contribution in [3.63, 3.8) is 0 Å². The number of carbonyl (C=O) groups is 1. The lowest BCUT2D eigenvalue weighted by atomic mass is 10.1. The highest BCUT2D eigenvalue weighted by molar-refractivity contribution is 6.05. The molecular weight excluding hydrogens is 300 g/mol. The van der Waals surface area contributed by atoms with Crippen molar-refractivity contribution >= 4 is 17.4 Å². The second-order valence-electron chi connectivity index (χ2n) is 4.59. The number of nitro groups is 1. The molecule has 0 atom stereocenters. The number of hydrogen-bond donors (Lipinski definition) is 1. The Kier molecular flexibility index (Phi) is 3.79. The lowest BCUT2D eigenvalue weighted by Crippen LogP contribution is -2.12. The highest BCUT2D eigenvalue weighted by atomic mass is 16.6. The number of anilines is 1. The van der Waals surface area contributed by atoms with E-state index < -0.39 is 10.8 Å². The fraction of sp³-hybridized carbons (Fsp3) is 0. The summed E-state index contributed by atoms with van der Waals surface area (Å²) in [6.07, 6.45) is 0. The van der Waals surface area contributed by atoms with E-state index in [0.717, 1.165) is 5.56 Å². The van der Waals surface area contributed by atoms with E-state index in [1.807, 2.05) is 18.2 Å². The van der Waals surface area contributed by atoms with Gasteiger partial charge in [-0.3, -0.25) is 14.9 Å². The van der Waals surface area contributed by atoms with Crippen LogP contribution in [0.15, 0.2) is 59.2 Å².